The van der Waals surface area contributed by atoms with Gasteiger partial charge < -0.3 is 5.11 Å². The Balaban J connectivity index is 2.08. The van der Waals surface area contributed by atoms with Crippen molar-refractivity contribution in [3.8, 4) is 5.75 Å². The van der Waals surface area contributed by atoms with Gasteiger partial charge in [0.2, 0.25) is 0 Å². The largest absolute Gasteiger partial charge is 0.508 e. The van der Waals surface area contributed by atoms with Gasteiger partial charge in [-0.1, -0.05) is 106 Å². The third-order valence-corrected chi connectivity index (χ3v) is 4.67. The molecule has 0 radical (unpaired) electrons. The van der Waals surface area contributed by atoms with Gasteiger partial charge in [-0.3, -0.25) is 0 Å². The highest BCUT2D eigenvalue weighted by atomic mass is 16.3. The summed E-state index contributed by atoms with van der Waals surface area (Å²) in [7, 11) is 0. The lowest BCUT2D eigenvalue weighted by Crippen LogP contribution is -2.12. The van der Waals surface area contributed by atoms with Crippen molar-refractivity contribution in [2.24, 2.45) is 0 Å². The minimum atomic E-state index is -0.00120. The monoisotopic (exact) mass is 342 g/mol. The third kappa shape index (κ3) is 4.23. The molecule has 3 aromatic rings. The Kier molecular flexibility index (Phi) is 5.27. The summed E-state index contributed by atoms with van der Waals surface area (Å²) in [5.41, 5.74) is 4.52. The lowest BCUT2D eigenvalue weighted by Gasteiger charge is -2.23. The van der Waals surface area contributed by atoms with E-state index in [-0.39, 0.29) is 11.3 Å². The van der Waals surface area contributed by atoms with E-state index in [1.807, 2.05) is 48.5 Å². The maximum Gasteiger partial charge on any atom is 0.119 e. The van der Waals surface area contributed by atoms with E-state index in [1.54, 1.807) is 0 Å². The number of benzene rings is 3. The van der Waals surface area contributed by atoms with Crippen LogP contribution in [0.4, 0.5) is 0 Å². The van der Waals surface area contributed by atoms with E-state index in [0.717, 1.165) is 11.1 Å². The highest BCUT2D eigenvalue weighted by Gasteiger charge is 2.20. The predicted octanol–water partition coefficient (Wildman–Crippen LogP) is 6.54. The molecule has 1 atom stereocenters. The molecule has 1 unspecified atom stereocenters. The predicted molar refractivity (Wildman–Crippen MR) is 111 cm³/mol. The molecule has 132 valence electrons. The summed E-state index contributed by atoms with van der Waals surface area (Å²) in [5.74, 6) is 0.336. The molecule has 0 aliphatic carbocycles. The van der Waals surface area contributed by atoms with Gasteiger partial charge in [-0.15, -0.1) is 0 Å². The van der Waals surface area contributed by atoms with Gasteiger partial charge in [-0.25, -0.2) is 0 Å². The van der Waals surface area contributed by atoms with Crippen LogP contribution in [0.25, 0.3) is 6.08 Å². The minimum Gasteiger partial charge on any atom is -0.508 e. The van der Waals surface area contributed by atoms with E-state index < -0.39 is 0 Å². The van der Waals surface area contributed by atoms with Crippen LogP contribution >= 0.6 is 0 Å². The lowest BCUT2D eigenvalue weighted by atomic mass is 9.82. The molecular formula is C25H26O. The van der Waals surface area contributed by atoms with Crippen LogP contribution in [0.3, 0.4) is 0 Å². The second-order valence-electron chi connectivity index (χ2n) is 7.68. The normalized spacial score (nSPS) is 13.0. The fraction of sp³-hybridized carbons (Fsp3) is 0.200. The fourth-order valence-corrected chi connectivity index (χ4v) is 3.10. The zero-order valence-electron chi connectivity index (χ0n) is 15.7. The molecule has 1 heteroatoms. The first-order chi connectivity index (χ1) is 12.4. The molecule has 26 heavy (non-hydrogen) atoms. The molecule has 1 nitrogen and oxygen atoms in total. The van der Waals surface area contributed by atoms with Crippen LogP contribution in [0.5, 0.6) is 5.75 Å². The molecule has 0 heterocycles. The fourth-order valence-electron chi connectivity index (χ4n) is 3.10. The Morgan fingerprint density at radius 1 is 0.808 bits per heavy atom. The van der Waals surface area contributed by atoms with E-state index in [0.29, 0.717) is 5.75 Å². The number of aromatic hydroxyl groups is 1. The maximum absolute atomic E-state index is 10.6. The zero-order valence-corrected chi connectivity index (χ0v) is 15.7. The Morgan fingerprint density at radius 3 is 2.04 bits per heavy atom. The second kappa shape index (κ2) is 7.61. The summed E-state index contributed by atoms with van der Waals surface area (Å²) in [6.45, 7) is 6.58. The molecule has 0 bridgehead atoms. The van der Waals surface area contributed by atoms with Crippen molar-refractivity contribution in [1.82, 2.24) is 0 Å². The number of phenols is 1. The molecule has 0 fully saturated rings. The van der Waals surface area contributed by atoms with Gasteiger partial charge in [-0.05, 0) is 28.2 Å². The summed E-state index contributed by atoms with van der Waals surface area (Å²) in [5, 5.41) is 10.6. The van der Waals surface area contributed by atoms with Gasteiger partial charge >= 0.3 is 0 Å². The zero-order chi connectivity index (χ0) is 18.6. The highest BCUT2D eigenvalue weighted by Crippen LogP contribution is 2.36. The van der Waals surface area contributed by atoms with Crippen LogP contribution in [-0.2, 0) is 5.41 Å². The molecule has 0 saturated carbocycles. The molecule has 0 amide bonds. The summed E-state index contributed by atoms with van der Waals surface area (Å²) in [4.78, 5) is 0. The van der Waals surface area contributed by atoms with E-state index >= 15 is 0 Å². The first-order valence-corrected chi connectivity index (χ1v) is 9.07. The smallest absolute Gasteiger partial charge is 0.119 e. The van der Waals surface area contributed by atoms with Crippen molar-refractivity contribution in [2.45, 2.75) is 32.1 Å². The van der Waals surface area contributed by atoms with Crippen LogP contribution in [0, 0.1) is 0 Å². The lowest BCUT2D eigenvalue weighted by molar-refractivity contribution is 0.466. The highest BCUT2D eigenvalue weighted by molar-refractivity contribution is 5.55. The number of phenolic OH excluding ortho intramolecular Hbond substituents is 1. The van der Waals surface area contributed by atoms with Crippen LogP contribution in [-0.4, -0.2) is 5.11 Å². The summed E-state index contributed by atoms with van der Waals surface area (Å²) in [6.07, 6.45) is 4.30. The van der Waals surface area contributed by atoms with Gasteiger partial charge in [0.05, 0.1) is 0 Å². The molecule has 0 aliphatic rings. The Hall–Kier alpha value is -2.80. The first kappa shape index (κ1) is 18.0. The van der Waals surface area contributed by atoms with Crippen LogP contribution < -0.4 is 0 Å². The Labute approximate surface area is 156 Å². The summed E-state index contributed by atoms with van der Waals surface area (Å²) in [6, 6.07) is 26.6. The van der Waals surface area contributed by atoms with Gasteiger partial charge in [0.25, 0.3) is 0 Å². The molecular weight excluding hydrogens is 316 g/mol. The van der Waals surface area contributed by atoms with E-state index in [4.69, 9.17) is 0 Å². The molecule has 3 aromatic carbocycles. The first-order valence-electron chi connectivity index (χ1n) is 9.07. The molecule has 3 rings (SSSR count). The Bertz CT molecular complexity index is 871. The van der Waals surface area contributed by atoms with Crippen molar-refractivity contribution >= 4 is 6.08 Å². The second-order valence-corrected chi connectivity index (χ2v) is 7.68. The molecule has 0 aliphatic heterocycles. The van der Waals surface area contributed by atoms with Crippen molar-refractivity contribution in [3.05, 3.63) is 107 Å². The average molecular weight is 342 g/mol. The van der Waals surface area contributed by atoms with Crippen molar-refractivity contribution in [3.63, 3.8) is 0 Å². The van der Waals surface area contributed by atoms with E-state index in [2.05, 4.69) is 63.3 Å². The molecule has 0 aromatic heterocycles. The van der Waals surface area contributed by atoms with E-state index in [1.165, 1.54) is 11.1 Å². The third-order valence-electron chi connectivity index (χ3n) is 4.67. The number of rotatable bonds is 4. The van der Waals surface area contributed by atoms with E-state index in [9.17, 15) is 5.11 Å². The topological polar surface area (TPSA) is 20.2 Å². The van der Waals surface area contributed by atoms with Crippen molar-refractivity contribution in [1.29, 1.82) is 0 Å². The number of allylic oxidation sites excluding steroid dienone is 1. The van der Waals surface area contributed by atoms with Gasteiger partial charge in [-0.2, -0.15) is 0 Å². The van der Waals surface area contributed by atoms with Gasteiger partial charge in [0.1, 0.15) is 5.75 Å². The quantitative estimate of drug-likeness (QED) is 0.571. The standard InChI is InChI=1S/C25H26O/c1-25(2,3)21-15-17-24(26)23(18-21)22(20-12-8-5-9-13-20)16-14-19-10-6-4-7-11-19/h4-18,22,26H,1-3H3/b16-14+. The molecule has 0 saturated heterocycles. The minimum absolute atomic E-state index is 0.00120. The number of hydrogen-bond acceptors (Lipinski definition) is 1. The van der Waals surface area contributed by atoms with Gasteiger partial charge in [0.15, 0.2) is 0 Å². The Morgan fingerprint density at radius 2 is 1.42 bits per heavy atom. The van der Waals surface area contributed by atoms with Crippen LogP contribution in [0.1, 0.15) is 48.9 Å². The van der Waals surface area contributed by atoms with Crippen LogP contribution in [0.15, 0.2) is 84.9 Å². The van der Waals surface area contributed by atoms with Crippen molar-refractivity contribution in [2.75, 3.05) is 0 Å². The summed E-state index contributed by atoms with van der Waals surface area (Å²) < 4.78 is 0. The maximum atomic E-state index is 10.6. The van der Waals surface area contributed by atoms with Crippen LogP contribution in [0.2, 0.25) is 0 Å². The summed E-state index contributed by atoms with van der Waals surface area (Å²) >= 11 is 0. The average Bonchev–Trinajstić information content (AvgIpc) is 2.64. The number of hydrogen-bond donors (Lipinski definition) is 1. The molecule has 1 N–H and O–H groups in total. The molecule has 0 spiro atoms. The van der Waals surface area contributed by atoms with Crippen molar-refractivity contribution < 1.29 is 5.11 Å². The van der Waals surface area contributed by atoms with Gasteiger partial charge in [0, 0.05) is 11.5 Å². The SMILES string of the molecule is CC(C)(C)c1ccc(O)c(C(/C=C/c2ccccc2)c2ccccc2)c1.